The van der Waals surface area contributed by atoms with Crippen LogP contribution in [0.4, 0.5) is 5.69 Å². The van der Waals surface area contributed by atoms with E-state index in [1.165, 1.54) is 13.3 Å². The number of nitrogens with zero attached hydrogens (tertiary/aromatic N) is 1. The molecule has 0 aromatic heterocycles. The fourth-order valence-corrected chi connectivity index (χ4v) is 2.29. The lowest BCUT2D eigenvalue weighted by atomic mass is 10.2. The lowest BCUT2D eigenvalue weighted by Gasteiger charge is -2.10. The normalized spacial score (nSPS) is 10.4. The molecular weight excluding hydrogens is 362 g/mol. The summed E-state index contributed by atoms with van der Waals surface area (Å²) >= 11 is 0. The summed E-state index contributed by atoms with van der Waals surface area (Å²) in [7, 11) is 1.53. The zero-order chi connectivity index (χ0) is 20.4. The topological polar surface area (TPSA) is 98.2 Å². The first-order chi connectivity index (χ1) is 13.6. The highest BCUT2D eigenvalue weighted by Gasteiger charge is 2.15. The number of hydrogen-bond donors (Lipinski definition) is 2. The molecule has 2 aromatic rings. The standard InChI is InChI=1S/C20H23N3O5/c1-4-27-16-9-7-6-8-15(16)22-19(24)20(25)23-21-13-14-10-11-17(28-5-2)18(12-14)26-3/h6-13H,4-5H2,1-3H3,(H,22,24)(H,23,25)/b21-13-. The second kappa shape index (κ2) is 10.6. The Morgan fingerprint density at radius 2 is 1.68 bits per heavy atom. The fourth-order valence-electron chi connectivity index (χ4n) is 2.29. The Hall–Kier alpha value is -3.55. The molecule has 0 fully saturated rings. The first-order valence-electron chi connectivity index (χ1n) is 8.76. The average Bonchev–Trinajstić information content (AvgIpc) is 2.70. The van der Waals surface area contributed by atoms with Gasteiger partial charge < -0.3 is 19.5 Å². The van der Waals surface area contributed by atoms with Gasteiger partial charge in [0, 0.05) is 0 Å². The van der Waals surface area contributed by atoms with E-state index < -0.39 is 11.8 Å². The average molecular weight is 385 g/mol. The molecule has 8 heteroatoms. The number of hydrazone groups is 1. The maximum atomic E-state index is 12.0. The van der Waals surface area contributed by atoms with Gasteiger partial charge in [0.1, 0.15) is 5.75 Å². The van der Waals surface area contributed by atoms with Gasteiger partial charge in [0.15, 0.2) is 11.5 Å². The van der Waals surface area contributed by atoms with Crippen molar-refractivity contribution in [2.45, 2.75) is 13.8 Å². The van der Waals surface area contributed by atoms with E-state index in [1.807, 2.05) is 13.8 Å². The van der Waals surface area contributed by atoms with Crippen molar-refractivity contribution in [2.75, 3.05) is 25.6 Å². The van der Waals surface area contributed by atoms with Crippen LogP contribution in [-0.4, -0.2) is 38.4 Å². The Labute approximate surface area is 163 Å². The molecule has 0 atom stereocenters. The fraction of sp³-hybridized carbons (Fsp3) is 0.250. The van der Waals surface area contributed by atoms with Crippen LogP contribution in [0.25, 0.3) is 0 Å². The summed E-state index contributed by atoms with van der Waals surface area (Å²) < 4.78 is 16.1. The largest absolute Gasteiger partial charge is 0.493 e. The van der Waals surface area contributed by atoms with E-state index in [1.54, 1.807) is 42.5 Å². The van der Waals surface area contributed by atoms with Crippen LogP contribution in [0.5, 0.6) is 17.2 Å². The van der Waals surface area contributed by atoms with E-state index in [-0.39, 0.29) is 0 Å². The van der Waals surface area contributed by atoms with Crippen LogP contribution in [0.3, 0.4) is 0 Å². The minimum Gasteiger partial charge on any atom is -0.493 e. The number of rotatable bonds is 8. The molecule has 0 aliphatic heterocycles. The first-order valence-corrected chi connectivity index (χ1v) is 8.76. The number of carbonyl (C=O) groups excluding carboxylic acids is 2. The van der Waals surface area contributed by atoms with Crippen LogP contribution in [0.2, 0.25) is 0 Å². The highest BCUT2D eigenvalue weighted by atomic mass is 16.5. The van der Waals surface area contributed by atoms with Crippen molar-refractivity contribution in [3.8, 4) is 17.2 Å². The molecule has 0 bridgehead atoms. The SMILES string of the molecule is CCOc1ccccc1NC(=O)C(=O)N/N=C\c1ccc(OCC)c(OC)c1. The third kappa shape index (κ3) is 5.73. The molecule has 28 heavy (non-hydrogen) atoms. The smallest absolute Gasteiger partial charge is 0.329 e. The second-order valence-electron chi connectivity index (χ2n) is 5.43. The summed E-state index contributed by atoms with van der Waals surface area (Å²) in [5.41, 5.74) is 3.26. The number of methoxy groups -OCH3 is 1. The lowest BCUT2D eigenvalue weighted by molar-refractivity contribution is -0.136. The molecule has 0 saturated carbocycles. The Bertz CT molecular complexity index is 851. The molecule has 2 N–H and O–H groups in total. The van der Waals surface area contributed by atoms with Gasteiger partial charge in [-0.3, -0.25) is 9.59 Å². The number of hydrogen-bond acceptors (Lipinski definition) is 6. The number of benzene rings is 2. The summed E-state index contributed by atoms with van der Waals surface area (Å²) in [6.07, 6.45) is 1.40. The van der Waals surface area contributed by atoms with Crippen LogP contribution in [0.1, 0.15) is 19.4 Å². The third-order valence-corrected chi connectivity index (χ3v) is 3.51. The van der Waals surface area contributed by atoms with Crippen LogP contribution >= 0.6 is 0 Å². The van der Waals surface area contributed by atoms with Gasteiger partial charge in [0.05, 0.1) is 32.2 Å². The molecule has 2 amide bonds. The number of anilines is 1. The Balaban J connectivity index is 1.97. The Kier molecular flexibility index (Phi) is 7.83. The number of carbonyl (C=O) groups is 2. The molecule has 2 aromatic carbocycles. The Morgan fingerprint density at radius 1 is 0.964 bits per heavy atom. The Morgan fingerprint density at radius 3 is 2.39 bits per heavy atom. The summed E-state index contributed by atoms with van der Waals surface area (Å²) in [6.45, 7) is 4.66. The lowest BCUT2D eigenvalue weighted by Crippen LogP contribution is -2.32. The van der Waals surface area contributed by atoms with Crippen LogP contribution in [0.15, 0.2) is 47.6 Å². The first kappa shape index (κ1) is 20.8. The number of amides is 2. The van der Waals surface area contributed by atoms with E-state index >= 15 is 0 Å². The monoisotopic (exact) mass is 385 g/mol. The van der Waals surface area contributed by atoms with Crippen molar-refractivity contribution in [1.29, 1.82) is 0 Å². The van der Waals surface area contributed by atoms with Crippen molar-refractivity contribution in [3.63, 3.8) is 0 Å². The predicted molar refractivity (Wildman–Crippen MR) is 106 cm³/mol. The molecule has 0 heterocycles. The van der Waals surface area contributed by atoms with E-state index in [9.17, 15) is 9.59 Å². The molecule has 8 nitrogen and oxygen atoms in total. The zero-order valence-corrected chi connectivity index (χ0v) is 16.0. The molecule has 2 rings (SSSR count). The number of nitrogens with one attached hydrogen (secondary N) is 2. The van der Waals surface area contributed by atoms with Gasteiger partial charge in [-0.15, -0.1) is 0 Å². The predicted octanol–water partition coefficient (Wildman–Crippen LogP) is 2.58. The van der Waals surface area contributed by atoms with Gasteiger partial charge >= 0.3 is 11.8 Å². The molecule has 0 aliphatic carbocycles. The van der Waals surface area contributed by atoms with E-state index in [0.29, 0.717) is 41.7 Å². The molecule has 148 valence electrons. The summed E-state index contributed by atoms with van der Waals surface area (Å²) in [5.74, 6) is -0.119. The summed E-state index contributed by atoms with van der Waals surface area (Å²) in [6, 6.07) is 12.0. The van der Waals surface area contributed by atoms with Crippen molar-refractivity contribution in [2.24, 2.45) is 5.10 Å². The molecule has 0 saturated heterocycles. The molecule has 0 aliphatic rings. The maximum Gasteiger partial charge on any atom is 0.329 e. The third-order valence-electron chi connectivity index (χ3n) is 3.51. The highest BCUT2D eigenvalue weighted by molar-refractivity contribution is 6.39. The highest BCUT2D eigenvalue weighted by Crippen LogP contribution is 2.27. The van der Waals surface area contributed by atoms with Gasteiger partial charge in [-0.05, 0) is 49.7 Å². The molecule has 0 spiro atoms. The van der Waals surface area contributed by atoms with Crippen molar-refractivity contribution < 1.29 is 23.8 Å². The summed E-state index contributed by atoms with van der Waals surface area (Å²) in [5, 5.41) is 6.30. The number of ether oxygens (including phenoxy) is 3. The minimum atomic E-state index is -0.902. The molecule has 0 radical (unpaired) electrons. The van der Waals surface area contributed by atoms with E-state index in [0.717, 1.165) is 0 Å². The van der Waals surface area contributed by atoms with E-state index in [4.69, 9.17) is 14.2 Å². The van der Waals surface area contributed by atoms with Crippen molar-refractivity contribution in [3.05, 3.63) is 48.0 Å². The van der Waals surface area contributed by atoms with Crippen molar-refractivity contribution >= 4 is 23.7 Å². The van der Waals surface area contributed by atoms with Crippen LogP contribution in [-0.2, 0) is 9.59 Å². The van der Waals surface area contributed by atoms with Crippen molar-refractivity contribution in [1.82, 2.24) is 5.43 Å². The summed E-state index contributed by atoms with van der Waals surface area (Å²) in [4.78, 5) is 24.0. The zero-order valence-electron chi connectivity index (χ0n) is 16.0. The minimum absolute atomic E-state index is 0.407. The molecular formula is C20H23N3O5. The molecule has 0 unspecified atom stereocenters. The van der Waals surface area contributed by atoms with Crippen LogP contribution in [0, 0.1) is 0 Å². The van der Waals surface area contributed by atoms with Gasteiger partial charge in [-0.2, -0.15) is 5.10 Å². The van der Waals surface area contributed by atoms with Gasteiger partial charge in [0.25, 0.3) is 0 Å². The van der Waals surface area contributed by atoms with Crippen LogP contribution < -0.4 is 25.0 Å². The van der Waals surface area contributed by atoms with E-state index in [2.05, 4.69) is 15.8 Å². The van der Waals surface area contributed by atoms with Gasteiger partial charge in [0.2, 0.25) is 0 Å². The van der Waals surface area contributed by atoms with Gasteiger partial charge in [-0.25, -0.2) is 5.43 Å². The second-order valence-corrected chi connectivity index (χ2v) is 5.43. The quantitative estimate of drug-likeness (QED) is 0.413. The number of para-hydroxylation sites is 2. The maximum absolute atomic E-state index is 12.0. The van der Waals surface area contributed by atoms with Gasteiger partial charge in [-0.1, -0.05) is 12.1 Å².